The number of halogens is 2. The fourth-order valence-corrected chi connectivity index (χ4v) is 4.18. The number of aliphatic hydroxyl groups is 2. The van der Waals surface area contributed by atoms with E-state index in [1.54, 1.807) is 0 Å². The summed E-state index contributed by atoms with van der Waals surface area (Å²) in [5, 5.41) is 32.4. The van der Waals surface area contributed by atoms with E-state index in [9.17, 15) is 19.8 Å². The number of fused-ring (bicyclic) bond motifs is 1. The predicted octanol–water partition coefficient (Wildman–Crippen LogP) is -2.27. The molecule has 0 spiro atoms. The van der Waals surface area contributed by atoms with Gasteiger partial charge in [-0.05, 0) is 12.2 Å². The molecule has 1 fully saturated rings. The number of aromatic amines is 1. The first kappa shape index (κ1) is 34.0. The van der Waals surface area contributed by atoms with Crippen molar-refractivity contribution in [2.45, 2.75) is 37.0 Å². The van der Waals surface area contributed by atoms with Crippen LogP contribution in [0.15, 0.2) is 11.1 Å². The van der Waals surface area contributed by atoms with Gasteiger partial charge in [-0.1, -0.05) is 0 Å². The van der Waals surface area contributed by atoms with Crippen LogP contribution >= 0.6 is 30.6 Å². The number of nitrogens with zero attached hydrogens (tertiary/aromatic N) is 3. The number of carboxylic acid groups (broad SMARTS) is 1. The van der Waals surface area contributed by atoms with Gasteiger partial charge in [0.1, 0.15) is 18.2 Å². The number of imidazole rings is 1. The van der Waals surface area contributed by atoms with Crippen LogP contribution in [-0.2, 0) is 26.0 Å². The van der Waals surface area contributed by atoms with Gasteiger partial charge in [0.25, 0.3) is 5.56 Å². The van der Waals surface area contributed by atoms with E-state index < -0.39 is 58.6 Å². The van der Waals surface area contributed by atoms with Crippen molar-refractivity contribution in [1.82, 2.24) is 24.8 Å². The van der Waals surface area contributed by atoms with E-state index in [0.29, 0.717) is 24.6 Å². The zero-order valence-corrected chi connectivity index (χ0v) is 24.2. The fourth-order valence-electron chi connectivity index (χ4n) is 3.09. The molecule has 1 saturated heterocycles. The molecule has 0 bridgehead atoms. The average molecular weight is 770 g/mol. The summed E-state index contributed by atoms with van der Waals surface area (Å²) in [6.45, 7) is 3.13. The van der Waals surface area contributed by atoms with Crippen LogP contribution in [0.4, 0.5) is 5.95 Å². The summed E-state index contributed by atoms with van der Waals surface area (Å²) in [5.41, 5.74) is 21.0. The van der Waals surface area contributed by atoms with Crippen molar-refractivity contribution >= 4 is 53.7 Å². The van der Waals surface area contributed by atoms with Gasteiger partial charge in [-0.25, -0.2) is 4.98 Å². The minimum atomic E-state index is -1.27. The predicted molar refractivity (Wildman–Crippen MR) is 139 cm³/mol. The zero-order valence-electron chi connectivity index (χ0n) is 19.6. The molecule has 2 aromatic heterocycles. The van der Waals surface area contributed by atoms with Crippen LogP contribution in [-0.4, -0.2) is 103 Å². The van der Waals surface area contributed by atoms with Gasteiger partial charge in [-0.3, -0.25) is 19.1 Å². The van der Waals surface area contributed by atoms with E-state index in [4.69, 9.17) is 51.6 Å². The number of hydrogen-bond donors (Lipinski definition) is 9. The normalized spacial score (nSPS) is 21.7. The number of thioether (sulfide) groups is 1. The van der Waals surface area contributed by atoms with Crippen LogP contribution in [0.1, 0.15) is 12.6 Å². The number of aromatic nitrogens is 4. The molecule has 3 heterocycles. The first-order chi connectivity index (χ1) is 17.6. The molecular formula is C18H33Cl2N9O6PtS. The summed E-state index contributed by atoms with van der Waals surface area (Å²) in [5.74, 6) is -0.396. The Balaban J connectivity index is 0.000000584. The van der Waals surface area contributed by atoms with Crippen LogP contribution in [0.5, 0.6) is 0 Å². The molecule has 13 N–H and O–H groups in total. The third kappa shape index (κ3) is 10.9. The summed E-state index contributed by atoms with van der Waals surface area (Å²) in [6, 6.07) is -0.947. The van der Waals surface area contributed by atoms with Crippen LogP contribution in [0, 0.1) is 0 Å². The first-order valence-electron chi connectivity index (χ1n) is 10.9. The molecule has 0 aliphatic carbocycles. The summed E-state index contributed by atoms with van der Waals surface area (Å²) in [4.78, 5) is 32.8. The van der Waals surface area contributed by atoms with Gasteiger partial charge in [-0.15, -0.1) is 0 Å². The third-order valence-corrected chi connectivity index (χ3v) is 5.97. The maximum atomic E-state index is 11.9. The molecule has 15 nitrogen and oxygen atoms in total. The number of aliphatic hydroxyl groups excluding tert-OH is 2. The van der Waals surface area contributed by atoms with E-state index in [-0.39, 0.29) is 23.5 Å². The fraction of sp³-hybridized carbons (Fsp3) is 0.667. The topological polar surface area (TPSA) is 267 Å². The van der Waals surface area contributed by atoms with E-state index >= 15 is 0 Å². The molecule has 216 valence electrons. The molecule has 1 unspecified atom stereocenters. The number of nitrogens with two attached hydrogens (primary N) is 4. The zero-order chi connectivity index (χ0) is 28.0. The van der Waals surface area contributed by atoms with E-state index in [0.717, 1.165) is 13.1 Å². The molecular weight excluding hydrogens is 736 g/mol. The Morgan fingerprint density at radius 3 is 2.49 bits per heavy atom. The maximum absolute atomic E-state index is 11.9. The molecule has 37 heavy (non-hydrogen) atoms. The van der Waals surface area contributed by atoms with Crippen molar-refractivity contribution in [2.75, 3.05) is 43.4 Å². The Morgan fingerprint density at radius 1 is 1.30 bits per heavy atom. The van der Waals surface area contributed by atoms with E-state index in [2.05, 4.69) is 20.3 Å². The number of H-pyrrole nitrogens is 1. The van der Waals surface area contributed by atoms with Crippen LogP contribution in [0.25, 0.3) is 11.2 Å². The Morgan fingerprint density at radius 2 is 1.92 bits per heavy atom. The minimum absolute atomic E-state index is 0.0370. The molecule has 19 heteroatoms. The summed E-state index contributed by atoms with van der Waals surface area (Å²) in [7, 11) is 9.75. The van der Waals surface area contributed by atoms with Crippen LogP contribution < -0.4 is 33.8 Å². The van der Waals surface area contributed by atoms with E-state index in [1.165, 1.54) is 22.7 Å². The second-order valence-electron chi connectivity index (χ2n) is 7.50. The monoisotopic (exact) mass is 768 g/mol. The molecule has 0 radical (unpaired) electrons. The number of carbonyl (C=O) groups is 1. The second-order valence-corrected chi connectivity index (χ2v) is 11.9. The molecule has 0 aromatic carbocycles. The SMILES string of the molecule is NCCNCCN.Nc1nc2c(ncn2[C@@H]2O[C@H](CSCCC(N)C(=O)O)[C@@H](O)[C@H]2O)c(=O)[nH]1.[Cl][Pt][Cl]. The Bertz CT molecular complexity index is 1000. The average Bonchev–Trinajstić information content (AvgIpc) is 3.39. The van der Waals surface area contributed by atoms with Crippen LogP contribution in [0.2, 0.25) is 0 Å². The Labute approximate surface area is 233 Å². The third-order valence-electron chi connectivity index (χ3n) is 4.88. The summed E-state index contributed by atoms with van der Waals surface area (Å²) < 4.78 is 7.08. The van der Waals surface area contributed by atoms with Crippen molar-refractivity contribution in [2.24, 2.45) is 17.2 Å². The Kier molecular flexibility index (Phi) is 16.8. The van der Waals surface area contributed by atoms with Crippen molar-refractivity contribution in [3.63, 3.8) is 0 Å². The number of rotatable bonds is 11. The van der Waals surface area contributed by atoms with Gasteiger partial charge >= 0.3 is 41.3 Å². The number of hydrogen-bond acceptors (Lipinski definition) is 13. The van der Waals surface area contributed by atoms with Crippen molar-refractivity contribution in [3.8, 4) is 0 Å². The van der Waals surface area contributed by atoms with Gasteiger partial charge in [0.15, 0.2) is 17.4 Å². The van der Waals surface area contributed by atoms with Gasteiger partial charge in [-0.2, -0.15) is 16.7 Å². The number of aliphatic carboxylic acids is 1. The van der Waals surface area contributed by atoms with Crippen molar-refractivity contribution in [3.05, 3.63) is 16.7 Å². The van der Waals surface area contributed by atoms with Crippen molar-refractivity contribution in [1.29, 1.82) is 0 Å². The molecule has 0 amide bonds. The number of ether oxygens (including phenoxy) is 1. The number of carboxylic acids is 1. The second kappa shape index (κ2) is 18.3. The van der Waals surface area contributed by atoms with Gasteiger partial charge in [0.2, 0.25) is 5.95 Å². The summed E-state index contributed by atoms with van der Waals surface area (Å²) in [6.07, 6.45) is -2.58. The molecule has 1 aliphatic heterocycles. The quantitative estimate of drug-likeness (QED) is 0.109. The number of nitrogen functional groups attached to an aromatic ring is 1. The standard InChI is InChI=1S/C14H20N6O6S.C4H13N3.2ClH.Pt/c15-5(13(24)25)1-2-27-3-6-8(21)9(22)12(26-6)20-4-17-7-10(20)18-14(16)19-11(7)23;5-1-3-7-4-2-6;;;/h4-6,8-9,12,21-22H,1-3,15H2,(H,24,25)(H3,16,18,19,23);7H,1-6H2;2*1H;/q;;;;+2/p-2/t5?,6-,8-,9-,12-;;;;/m1..../s1. The van der Waals surface area contributed by atoms with Gasteiger partial charge < -0.3 is 48.3 Å². The molecule has 2 aromatic rings. The summed E-state index contributed by atoms with van der Waals surface area (Å²) >= 11 is 0.883. The van der Waals surface area contributed by atoms with Crippen molar-refractivity contribution < 1.29 is 41.3 Å². The molecule has 5 atom stereocenters. The van der Waals surface area contributed by atoms with Gasteiger partial charge in [0.05, 0.1) is 12.4 Å². The Hall–Kier alpha value is -1.04. The molecule has 0 saturated carbocycles. The van der Waals surface area contributed by atoms with Crippen LogP contribution in [0.3, 0.4) is 0 Å². The number of anilines is 1. The molecule has 3 rings (SSSR count). The number of nitrogens with one attached hydrogen (secondary N) is 2. The van der Waals surface area contributed by atoms with E-state index in [1.807, 2.05) is 0 Å². The van der Waals surface area contributed by atoms with Gasteiger partial charge in [0, 0.05) is 31.9 Å². The molecule has 1 aliphatic rings. The first-order valence-corrected chi connectivity index (χ1v) is 17.6.